The molecule has 2 aliphatic rings. The first kappa shape index (κ1) is 23.2. The molecule has 0 atom stereocenters. The lowest BCUT2D eigenvalue weighted by Crippen LogP contribution is -2.47. The molecule has 0 unspecified atom stereocenters. The van der Waals surface area contributed by atoms with Gasteiger partial charge in [0, 0.05) is 38.6 Å². The lowest BCUT2D eigenvalue weighted by molar-refractivity contribution is 0.250. The molecule has 36 heavy (non-hydrogen) atoms. The molecule has 1 aromatic heterocycles. The van der Waals surface area contributed by atoms with Crippen molar-refractivity contribution < 1.29 is 8.78 Å². The minimum absolute atomic E-state index is 0.132. The van der Waals surface area contributed by atoms with E-state index >= 15 is 0 Å². The van der Waals surface area contributed by atoms with Gasteiger partial charge in [-0.3, -0.25) is 4.90 Å². The average molecular weight is 487 g/mol. The minimum Gasteiger partial charge on any atom is -0.340 e. The van der Waals surface area contributed by atoms with Crippen molar-refractivity contribution in [3.05, 3.63) is 95.1 Å². The van der Waals surface area contributed by atoms with Gasteiger partial charge in [-0.1, -0.05) is 36.4 Å². The highest BCUT2D eigenvalue weighted by Gasteiger charge is 2.25. The summed E-state index contributed by atoms with van der Waals surface area (Å²) in [5.74, 6) is 0.798. The number of aromatic nitrogens is 2. The number of rotatable bonds is 7. The number of imidazole rings is 1. The van der Waals surface area contributed by atoms with Gasteiger partial charge in [0.05, 0.1) is 11.0 Å². The van der Waals surface area contributed by atoms with Crippen LogP contribution in [-0.2, 0) is 13.0 Å². The Morgan fingerprint density at radius 3 is 2.11 bits per heavy atom. The molecular weight excluding hydrogens is 454 g/mol. The van der Waals surface area contributed by atoms with Gasteiger partial charge in [0.1, 0.15) is 11.6 Å². The highest BCUT2D eigenvalue weighted by Crippen LogP contribution is 2.32. The van der Waals surface area contributed by atoms with Crippen molar-refractivity contribution in [2.45, 2.75) is 38.1 Å². The van der Waals surface area contributed by atoms with Crippen LogP contribution in [0.4, 0.5) is 14.7 Å². The summed E-state index contributed by atoms with van der Waals surface area (Å²) < 4.78 is 29.5. The van der Waals surface area contributed by atoms with Gasteiger partial charge in [0.25, 0.3) is 0 Å². The van der Waals surface area contributed by atoms with Crippen LogP contribution in [0.2, 0.25) is 0 Å². The topological polar surface area (TPSA) is 24.3 Å². The summed E-state index contributed by atoms with van der Waals surface area (Å²) in [5, 5.41) is 0. The van der Waals surface area contributed by atoms with Gasteiger partial charge >= 0.3 is 0 Å². The van der Waals surface area contributed by atoms with Gasteiger partial charge in [-0.15, -0.1) is 0 Å². The second-order valence-corrected chi connectivity index (χ2v) is 10.1. The maximum Gasteiger partial charge on any atom is 0.206 e. The van der Waals surface area contributed by atoms with Crippen LogP contribution in [0.25, 0.3) is 11.0 Å². The SMILES string of the molecule is Fc1ccc(C(CCCN2CCN(c3nc4cccc5c4n3CCC5)CC2)c2ccc(F)cc2)cc1. The van der Waals surface area contributed by atoms with E-state index in [2.05, 4.69) is 32.6 Å². The maximum absolute atomic E-state index is 13.5. The molecule has 4 aromatic rings. The number of hydrogen-bond acceptors (Lipinski definition) is 3. The van der Waals surface area contributed by atoms with Crippen LogP contribution in [0.3, 0.4) is 0 Å². The zero-order chi connectivity index (χ0) is 24.5. The molecule has 3 aromatic carbocycles. The highest BCUT2D eigenvalue weighted by molar-refractivity contribution is 5.83. The van der Waals surface area contributed by atoms with E-state index in [9.17, 15) is 8.78 Å². The maximum atomic E-state index is 13.5. The average Bonchev–Trinajstić information content (AvgIpc) is 3.29. The zero-order valence-electron chi connectivity index (χ0n) is 20.5. The molecule has 4 nitrogen and oxygen atoms in total. The number of para-hydroxylation sites is 1. The molecule has 0 radical (unpaired) electrons. The van der Waals surface area contributed by atoms with Gasteiger partial charge in [0.15, 0.2) is 0 Å². The van der Waals surface area contributed by atoms with Crippen LogP contribution in [0.1, 0.15) is 41.9 Å². The Labute approximate surface area is 211 Å². The standard InChI is InChI=1S/C30H32F2N4/c31-25-12-8-22(9-13-25)27(23-10-14-26(32)15-11-23)6-3-16-34-18-20-35(21-19-34)30-33-28-7-1-4-24-5-2-17-36(30)29(24)28/h1,4,7-15,27H,2-3,5-6,16-21H2. The second kappa shape index (κ2) is 10.0. The van der Waals surface area contributed by atoms with E-state index < -0.39 is 0 Å². The molecule has 186 valence electrons. The monoisotopic (exact) mass is 486 g/mol. The zero-order valence-corrected chi connectivity index (χ0v) is 20.5. The summed E-state index contributed by atoms with van der Waals surface area (Å²) in [7, 11) is 0. The number of benzene rings is 3. The summed E-state index contributed by atoms with van der Waals surface area (Å²) in [6.07, 6.45) is 4.29. The van der Waals surface area contributed by atoms with E-state index in [1.807, 2.05) is 24.3 Å². The van der Waals surface area contributed by atoms with Gasteiger partial charge in [-0.25, -0.2) is 13.8 Å². The molecule has 1 saturated heterocycles. The van der Waals surface area contributed by atoms with Crippen molar-refractivity contribution in [2.75, 3.05) is 37.6 Å². The van der Waals surface area contributed by atoms with Gasteiger partial charge in [-0.05, 0) is 79.3 Å². The lowest BCUT2D eigenvalue weighted by Gasteiger charge is -2.36. The van der Waals surface area contributed by atoms with Crippen molar-refractivity contribution in [3.63, 3.8) is 0 Å². The van der Waals surface area contributed by atoms with E-state index in [1.54, 1.807) is 0 Å². The molecule has 0 aliphatic carbocycles. The third-order valence-electron chi connectivity index (χ3n) is 7.82. The molecular formula is C30H32F2N4. The second-order valence-electron chi connectivity index (χ2n) is 10.1. The molecule has 1 fully saturated rings. The number of hydrogen-bond donors (Lipinski definition) is 0. The summed E-state index contributed by atoms with van der Waals surface area (Å²) in [4.78, 5) is 10.00. The summed E-state index contributed by atoms with van der Waals surface area (Å²) in [6, 6.07) is 20.0. The Morgan fingerprint density at radius 2 is 1.44 bits per heavy atom. The third-order valence-corrected chi connectivity index (χ3v) is 7.82. The van der Waals surface area contributed by atoms with E-state index in [0.29, 0.717) is 0 Å². The first-order valence-electron chi connectivity index (χ1n) is 13.1. The molecule has 0 amide bonds. The quantitative estimate of drug-likeness (QED) is 0.320. The first-order chi connectivity index (χ1) is 17.7. The number of piperazine rings is 1. The van der Waals surface area contributed by atoms with Gasteiger partial charge in [0.2, 0.25) is 5.95 Å². The highest BCUT2D eigenvalue weighted by atomic mass is 19.1. The normalized spacial score (nSPS) is 16.2. The molecule has 0 bridgehead atoms. The summed E-state index contributed by atoms with van der Waals surface area (Å²) in [5.41, 5.74) is 6.03. The molecule has 0 saturated carbocycles. The molecule has 2 aliphatic heterocycles. The molecule has 3 heterocycles. The van der Waals surface area contributed by atoms with Crippen molar-refractivity contribution in [2.24, 2.45) is 0 Å². The van der Waals surface area contributed by atoms with E-state index in [4.69, 9.17) is 4.98 Å². The molecule has 0 N–H and O–H groups in total. The minimum atomic E-state index is -0.231. The van der Waals surface area contributed by atoms with E-state index in [-0.39, 0.29) is 17.6 Å². The van der Waals surface area contributed by atoms with Crippen LogP contribution in [-0.4, -0.2) is 47.2 Å². The Morgan fingerprint density at radius 1 is 0.778 bits per heavy atom. The largest absolute Gasteiger partial charge is 0.340 e. The first-order valence-corrected chi connectivity index (χ1v) is 13.1. The third kappa shape index (κ3) is 4.62. The Hall–Kier alpha value is -3.25. The fourth-order valence-corrected chi connectivity index (χ4v) is 5.94. The van der Waals surface area contributed by atoms with Gasteiger partial charge < -0.3 is 9.47 Å². The number of anilines is 1. The summed E-state index contributed by atoms with van der Waals surface area (Å²) in [6.45, 7) is 6.09. The van der Waals surface area contributed by atoms with E-state index in [1.165, 1.54) is 41.8 Å². The molecule has 6 rings (SSSR count). The van der Waals surface area contributed by atoms with Crippen molar-refractivity contribution in [1.82, 2.24) is 14.5 Å². The fraction of sp³-hybridized carbons (Fsp3) is 0.367. The number of halogens is 2. The number of aryl methyl sites for hydroxylation is 2. The van der Waals surface area contributed by atoms with Crippen LogP contribution in [0.5, 0.6) is 0 Å². The van der Waals surface area contributed by atoms with Crippen LogP contribution in [0.15, 0.2) is 66.7 Å². The Bertz CT molecular complexity index is 1280. The van der Waals surface area contributed by atoms with Crippen LogP contribution < -0.4 is 4.90 Å². The Balaban J connectivity index is 1.09. The van der Waals surface area contributed by atoms with Gasteiger partial charge in [-0.2, -0.15) is 0 Å². The fourth-order valence-electron chi connectivity index (χ4n) is 5.94. The van der Waals surface area contributed by atoms with Crippen LogP contribution in [0, 0.1) is 11.6 Å². The molecule has 6 heteroatoms. The predicted octanol–water partition coefficient (Wildman–Crippen LogP) is 6.00. The summed E-state index contributed by atoms with van der Waals surface area (Å²) >= 11 is 0. The smallest absolute Gasteiger partial charge is 0.206 e. The lowest BCUT2D eigenvalue weighted by atomic mass is 9.87. The van der Waals surface area contributed by atoms with Crippen molar-refractivity contribution >= 4 is 17.0 Å². The van der Waals surface area contributed by atoms with E-state index in [0.717, 1.165) is 81.1 Å². The number of nitrogens with zero attached hydrogens (tertiary/aromatic N) is 4. The predicted molar refractivity (Wildman–Crippen MR) is 141 cm³/mol. The molecule has 0 spiro atoms. The van der Waals surface area contributed by atoms with Crippen LogP contribution >= 0.6 is 0 Å². The van der Waals surface area contributed by atoms with Crippen molar-refractivity contribution in [1.29, 1.82) is 0 Å². The Kier molecular flexibility index (Phi) is 6.45. The van der Waals surface area contributed by atoms with Crippen molar-refractivity contribution in [3.8, 4) is 0 Å².